The number of imidazole rings is 1. The van der Waals surface area contributed by atoms with Crippen LogP contribution < -0.4 is 21.3 Å². The van der Waals surface area contributed by atoms with Crippen LogP contribution in [0.15, 0.2) is 46.2 Å². The maximum absolute atomic E-state index is 13.0. The molecule has 11 nitrogen and oxygen atoms in total. The average molecular weight is 546 g/mol. The molecule has 2 unspecified atom stereocenters. The standard InChI is InChI=1S/C25H26F3N7O4/c1-3-8-34-23(37)19-22(33(4-2)24(34)38)32-21(31-19)16-12-30-35(13-16)20(15-10-18(36)29-11-15)14-6-5-7-17(9-14)39-25(26,27)28/h5-7,9,12-13,15,20H,3-4,8,10-11H2,1-2H3,(H,29,36)(H,31,32). The number of carbonyl (C=O) groups is 1. The Morgan fingerprint density at radius 2 is 1.97 bits per heavy atom. The van der Waals surface area contributed by atoms with Gasteiger partial charge in [0.25, 0.3) is 5.56 Å². The number of halogens is 3. The molecule has 39 heavy (non-hydrogen) atoms. The number of alkyl halides is 3. The van der Waals surface area contributed by atoms with Gasteiger partial charge in [0.15, 0.2) is 5.65 Å². The third kappa shape index (κ3) is 5.05. The predicted octanol–water partition coefficient (Wildman–Crippen LogP) is 2.80. The summed E-state index contributed by atoms with van der Waals surface area (Å²) in [6.45, 7) is 4.55. The minimum Gasteiger partial charge on any atom is -0.406 e. The lowest BCUT2D eigenvalue weighted by Gasteiger charge is -2.24. The normalized spacial score (nSPS) is 16.5. The summed E-state index contributed by atoms with van der Waals surface area (Å²) in [7, 11) is 0. The van der Waals surface area contributed by atoms with Gasteiger partial charge in [0.2, 0.25) is 5.91 Å². The molecule has 0 bridgehead atoms. The Labute approximate surface area is 219 Å². The molecule has 0 spiro atoms. The van der Waals surface area contributed by atoms with Crippen molar-refractivity contribution >= 4 is 17.1 Å². The van der Waals surface area contributed by atoms with E-state index in [9.17, 15) is 27.6 Å². The number of benzene rings is 1. The monoisotopic (exact) mass is 545 g/mol. The summed E-state index contributed by atoms with van der Waals surface area (Å²) in [5.41, 5.74) is 0.466. The van der Waals surface area contributed by atoms with Crippen LogP contribution in [0.4, 0.5) is 13.2 Å². The molecule has 0 radical (unpaired) electrons. The van der Waals surface area contributed by atoms with Gasteiger partial charge in [-0.25, -0.2) is 9.78 Å². The number of fused-ring (bicyclic) bond motifs is 1. The molecule has 14 heteroatoms. The Hall–Kier alpha value is -4.36. The second-order valence-electron chi connectivity index (χ2n) is 9.31. The quantitative estimate of drug-likeness (QED) is 0.350. The van der Waals surface area contributed by atoms with E-state index in [2.05, 4.69) is 25.1 Å². The molecule has 1 amide bonds. The van der Waals surface area contributed by atoms with Gasteiger partial charge in [-0.3, -0.25) is 23.4 Å². The van der Waals surface area contributed by atoms with Crippen LogP contribution in [0, 0.1) is 5.92 Å². The zero-order chi connectivity index (χ0) is 27.9. The molecular weight excluding hydrogens is 519 g/mol. The largest absolute Gasteiger partial charge is 0.573 e. The van der Waals surface area contributed by atoms with Crippen molar-refractivity contribution in [3.05, 3.63) is 63.1 Å². The van der Waals surface area contributed by atoms with Crippen molar-refractivity contribution in [1.29, 1.82) is 0 Å². The first-order chi connectivity index (χ1) is 18.6. The van der Waals surface area contributed by atoms with Gasteiger partial charge in [-0.15, -0.1) is 13.2 Å². The highest BCUT2D eigenvalue weighted by molar-refractivity contribution is 5.78. The zero-order valence-electron chi connectivity index (χ0n) is 21.2. The lowest BCUT2D eigenvalue weighted by atomic mass is 9.92. The molecular formula is C25H26F3N7O4. The Balaban J connectivity index is 1.58. The molecule has 4 heterocycles. The molecule has 0 aliphatic carbocycles. The molecule has 1 aliphatic heterocycles. The topological polar surface area (TPSA) is 129 Å². The summed E-state index contributed by atoms with van der Waals surface area (Å²) in [5, 5.41) is 7.20. The Morgan fingerprint density at radius 1 is 1.18 bits per heavy atom. The van der Waals surface area contributed by atoms with Gasteiger partial charge >= 0.3 is 12.1 Å². The second-order valence-corrected chi connectivity index (χ2v) is 9.31. The van der Waals surface area contributed by atoms with E-state index < -0.39 is 23.7 Å². The number of nitrogens with zero attached hydrogens (tertiary/aromatic N) is 5. The highest BCUT2D eigenvalue weighted by Gasteiger charge is 2.34. The first-order valence-corrected chi connectivity index (χ1v) is 12.5. The van der Waals surface area contributed by atoms with Crippen LogP contribution >= 0.6 is 0 Å². The van der Waals surface area contributed by atoms with Crippen LogP contribution in [0.5, 0.6) is 5.75 Å². The zero-order valence-corrected chi connectivity index (χ0v) is 21.2. The number of amides is 1. The average Bonchev–Trinajstić information content (AvgIpc) is 3.62. The highest BCUT2D eigenvalue weighted by Crippen LogP contribution is 2.34. The van der Waals surface area contributed by atoms with Crippen molar-refractivity contribution < 1.29 is 22.7 Å². The predicted molar refractivity (Wildman–Crippen MR) is 134 cm³/mol. The molecule has 1 aromatic carbocycles. The minimum absolute atomic E-state index is 0.161. The number of ether oxygens (including phenoxy) is 1. The lowest BCUT2D eigenvalue weighted by Crippen LogP contribution is -2.39. The summed E-state index contributed by atoms with van der Waals surface area (Å²) in [6, 6.07) is 4.97. The summed E-state index contributed by atoms with van der Waals surface area (Å²) >= 11 is 0. The van der Waals surface area contributed by atoms with E-state index in [-0.39, 0.29) is 41.7 Å². The smallest absolute Gasteiger partial charge is 0.406 e. The molecule has 0 saturated carbocycles. The minimum atomic E-state index is -4.85. The number of nitrogens with one attached hydrogen (secondary N) is 2. The first-order valence-electron chi connectivity index (χ1n) is 12.5. The number of hydrogen-bond donors (Lipinski definition) is 2. The summed E-state index contributed by atoms with van der Waals surface area (Å²) in [4.78, 5) is 45.4. The Kier molecular flexibility index (Phi) is 6.78. The van der Waals surface area contributed by atoms with Crippen molar-refractivity contribution in [2.75, 3.05) is 6.54 Å². The number of hydrogen-bond acceptors (Lipinski definition) is 6. The Morgan fingerprint density at radius 3 is 2.64 bits per heavy atom. The van der Waals surface area contributed by atoms with Gasteiger partial charge in [-0.05, 0) is 31.0 Å². The maximum Gasteiger partial charge on any atom is 0.573 e. The summed E-state index contributed by atoms with van der Waals surface area (Å²) in [5.74, 6) is -0.544. The fraction of sp³-hybridized carbons (Fsp3) is 0.400. The van der Waals surface area contributed by atoms with Crippen LogP contribution in [0.25, 0.3) is 22.6 Å². The van der Waals surface area contributed by atoms with Gasteiger partial charge in [0.05, 0.1) is 17.8 Å². The van der Waals surface area contributed by atoms with Crippen LogP contribution in [-0.4, -0.2) is 47.7 Å². The van der Waals surface area contributed by atoms with E-state index >= 15 is 0 Å². The number of aromatic amines is 1. The number of aromatic nitrogens is 6. The summed E-state index contributed by atoms with van der Waals surface area (Å²) < 4.78 is 46.8. The van der Waals surface area contributed by atoms with Crippen molar-refractivity contribution in [2.45, 2.75) is 52.2 Å². The Bertz CT molecular complexity index is 1650. The van der Waals surface area contributed by atoms with E-state index in [1.165, 1.54) is 33.5 Å². The molecule has 1 saturated heterocycles. The van der Waals surface area contributed by atoms with E-state index in [4.69, 9.17) is 0 Å². The van der Waals surface area contributed by atoms with Crippen LogP contribution in [0.1, 0.15) is 38.3 Å². The van der Waals surface area contributed by atoms with Crippen LogP contribution in [0.3, 0.4) is 0 Å². The molecule has 5 rings (SSSR count). The maximum atomic E-state index is 13.0. The van der Waals surface area contributed by atoms with E-state index in [0.29, 0.717) is 36.5 Å². The number of rotatable bonds is 8. The SMILES string of the molecule is CCCn1c(=O)c2[nH]c(-c3cnn(C(c4cccc(OC(F)(F)F)c4)C4CNC(=O)C4)c3)nc2n(CC)c1=O. The lowest BCUT2D eigenvalue weighted by molar-refractivity contribution is -0.274. The fourth-order valence-corrected chi connectivity index (χ4v) is 5.01. The first kappa shape index (κ1) is 26.3. The highest BCUT2D eigenvalue weighted by atomic mass is 19.4. The van der Waals surface area contributed by atoms with Crippen molar-refractivity contribution in [3.63, 3.8) is 0 Å². The number of aryl methyl sites for hydroxylation is 1. The summed E-state index contributed by atoms with van der Waals surface area (Å²) in [6.07, 6.45) is -0.943. The second kappa shape index (κ2) is 10.1. The fourth-order valence-electron chi connectivity index (χ4n) is 5.01. The van der Waals surface area contributed by atoms with Gasteiger partial charge in [0, 0.05) is 38.2 Å². The number of carbonyl (C=O) groups excluding carboxylic acids is 1. The van der Waals surface area contributed by atoms with E-state index in [1.54, 1.807) is 23.9 Å². The number of H-pyrrole nitrogens is 1. The van der Waals surface area contributed by atoms with Crippen LogP contribution in [0.2, 0.25) is 0 Å². The van der Waals surface area contributed by atoms with Crippen molar-refractivity contribution in [3.8, 4) is 17.1 Å². The molecule has 1 aliphatic rings. The third-order valence-electron chi connectivity index (χ3n) is 6.67. The molecule has 2 N–H and O–H groups in total. The van der Waals surface area contributed by atoms with Crippen molar-refractivity contribution in [1.82, 2.24) is 34.2 Å². The molecule has 4 aromatic rings. The van der Waals surface area contributed by atoms with Gasteiger partial charge in [-0.2, -0.15) is 5.10 Å². The third-order valence-corrected chi connectivity index (χ3v) is 6.67. The van der Waals surface area contributed by atoms with E-state index in [0.717, 1.165) is 0 Å². The molecule has 1 fully saturated rings. The molecule has 3 aromatic heterocycles. The van der Waals surface area contributed by atoms with Crippen LogP contribution in [-0.2, 0) is 17.9 Å². The van der Waals surface area contributed by atoms with Gasteiger partial charge < -0.3 is 15.0 Å². The van der Waals surface area contributed by atoms with Crippen molar-refractivity contribution in [2.24, 2.45) is 5.92 Å². The van der Waals surface area contributed by atoms with E-state index in [1.807, 2.05) is 6.92 Å². The molecule has 2 atom stereocenters. The van der Waals surface area contributed by atoms with Gasteiger partial charge in [0.1, 0.15) is 17.1 Å². The molecule has 206 valence electrons. The van der Waals surface area contributed by atoms with Gasteiger partial charge in [-0.1, -0.05) is 19.1 Å².